The van der Waals surface area contributed by atoms with Crippen molar-refractivity contribution in [2.45, 2.75) is 11.4 Å². The number of nitrogens with one attached hydrogen (secondary N) is 1. The molecule has 0 unspecified atom stereocenters. The molecule has 1 aromatic carbocycles. The summed E-state index contributed by atoms with van der Waals surface area (Å²) in [4.78, 5) is 1.37. The van der Waals surface area contributed by atoms with Crippen LogP contribution in [0.3, 0.4) is 0 Å². The van der Waals surface area contributed by atoms with E-state index in [1.807, 2.05) is 23.9 Å². The van der Waals surface area contributed by atoms with Crippen molar-refractivity contribution < 1.29 is 0 Å². The lowest BCUT2D eigenvalue weighted by Crippen LogP contribution is -2.13. The maximum absolute atomic E-state index is 5.89. The quantitative estimate of drug-likeness (QED) is 0.689. The van der Waals surface area contributed by atoms with Crippen LogP contribution in [-0.2, 0) is 6.54 Å². The Morgan fingerprint density at radius 3 is 3.25 bits per heavy atom. The zero-order chi connectivity index (χ0) is 8.39. The molecular formula is C9H10ClNS. The van der Waals surface area contributed by atoms with Crippen molar-refractivity contribution >= 4 is 23.4 Å². The molecule has 1 aromatic rings. The zero-order valence-corrected chi connectivity index (χ0v) is 8.21. The molecule has 0 atom stereocenters. The highest BCUT2D eigenvalue weighted by molar-refractivity contribution is 7.99. The van der Waals surface area contributed by atoms with Gasteiger partial charge in [-0.15, -0.1) is 11.8 Å². The summed E-state index contributed by atoms with van der Waals surface area (Å²) in [5.74, 6) is 1.15. The molecule has 0 radical (unpaired) electrons. The molecule has 1 heterocycles. The van der Waals surface area contributed by atoms with Gasteiger partial charge in [-0.05, 0) is 23.8 Å². The van der Waals surface area contributed by atoms with Crippen molar-refractivity contribution in [3.8, 4) is 0 Å². The molecule has 1 aliphatic rings. The number of halogens is 1. The Labute approximate surface area is 81.5 Å². The number of rotatable bonds is 0. The maximum Gasteiger partial charge on any atom is 0.0410 e. The van der Waals surface area contributed by atoms with Gasteiger partial charge >= 0.3 is 0 Å². The minimum absolute atomic E-state index is 0.832. The normalized spacial score (nSPS) is 16.8. The van der Waals surface area contributed by atoms with Crippen molar-refractivity contribution in [1.82, 2.24) is 5.32 Å². The van der Waals surface area contributed by atoms with Gasteiger partial charge in [-0.25, -0.2) is 0 Å². The Hall–Kier alpha value is -0.180. The van der Waals surface area contributed by atoms with E-state index in [1.165, 1.54) is 10.5 Å². The lowest BCUT2D eigenvalue weighted by atomic mass is 10.2. The standard InChI is InChI=1S/C9H10ClNS/c10-8-1-2-9-7(5-8)6-11-3-4-12-9/h1-2,5,11H,3-4,6H2. The fourth-order valence-corrected chi connectivity index (χ4v) is 2.42. The average molecular weight is 200 g/mol. The first-order chi connectivity index (χ1) is 5.86. The van der Waals surface area contributed by atoms with Crippen molar-refractivity contribution in [3.05, 3.63) is 28.8 Å². The number of hydrogen-bond acceptors (Lipinski definition) is 2. The summed E-state index contributed by atoms with van der Waals surface area (Å²) in [5.41, 5.74) is 1.32. The van der Waals surface area contributed by atoms with Gasteiger partial charge in [-0.2, -0.15) is 0 Å². The van der Waals surface area contributed by atoms with E-state index < -0.39 is 0 Å². The van der Waals surface area contributed by atoms with E-state index in [0.29, 0.717) is 0 Å². The molecule has 0 amide bonds. The van der Waals surface area contributed by atoms with Crippen molar-refractivity contribution in [3.63, 3.8) is 0 Å². The van der Waals surface area contributed by atoms with E-state index in [4.69, 9.17) is 11.6 Å². The van der Waals surface area contributed by atoms with E-state index in [0.717, 1.165) is 23.9 Å². The summed E-state index contributed by atoms with van der Waals surface area (Å²) in [6.45, 7) is 2.03. The Morgan fingerprint density at radius 2 is 2.33 bits per heavy atom. The van der Waals surface area contributed by atoms with Crippen LogP contribution in [0.2, 0.25) is 5.02 Å². The van der Waals surface area contributed by atoms with Crippen LogP contribution < -0.4 is 5.32 Å². The van der Waals surface area contributed by atoms with E-state index in [9.17, 15) is 0 Å². The number of fused-ring (bicyclic) bond motifs is 1. The third-order valence-corrected chi connectivity index (χ3v) is 3.23. The van der Waals surface area contributed by atoms with Gasteiger partial charge in [-0.3, -0.25) is 0 Å². The van der Waals surface area contributed by atoms with E-state index in [-0.39, 0.29) is 0 Å². The topological polar surface area (TPSA) is 12.0 Å². The second-order valence-electron chi connectivity index (χ2n) is 2.78. The largest absolute Gasteiger partial charge is 0.312 e. The second-order valence-corrected chi connectivity index (χ2v) is 4.35. The molecule has 0 aromatic heterocycles. The number of hydrogen-bond donors (Lipinski definition) is 1. The fourth-order valence-electron chi connectivity index (χ4n) is 1.28. The number of thioether (sulfide) groups is 1. The van der Waals surface area contributed by atoms with Gasteiger partial charge in [0, 0.05) is 28.8 Å². The van der Waals surface area contributed by atoms with Crippen LogP contribution in [0.4, 0.5) is 0 Å². The molecule has 1 aliphatic heterocycles. The minimum Gasteiger partial charge on any atom is -0.312 e. The van der Waals surface area contributed by atoms with Gasteiger partial charge in [0.2, 0.25) is 0 Å². The minimum atomic E-state index is 0.832. The zero-order valence-electron chi connectivity index (χ0n) is 6.64. The van der Waals surface area contributed by atoms with Gasteiger partial charge in [0.15, 0.2) is 0 Å². The summed E-state index contributed by atoms with van der Waals surface area (Å²) in [6.07, 6.45) is 0. The van der Waals surface area contributed by atoms with Gasteiger partial charge in [0.05, 0.1) is 0 Å². The first-order valence-electron chi connectivity index (χ1n) is 3.98. The van der Waals surface area contributed by atoms with Crippen LogP contribution in [0.15, 0.2) is 23.1 Å². The predicted octanol–water partition coefficient (Wildman–Crippen LogP) is 2.54. The monoisotopic (exact) mass is 199 g/mol. The molecule has 2 rings (SSSR count). The Kier molecular flexibility index (Phi) is 2.59. The van der Waals surface area contributed by atoms with Crippen molar-refractivity contribution in [1.29, 1.82) is 0 Å². The smallest absolute Gasteiger partial charge is 0.0410 e. The van der Waals surface area contributed by atoms with Crippen LogP contribution in [0, 0.1) is 0 Å². The van der Waals surface area contributed by atoms with Gasteiger partial charge < -0.3 is 5.32 Å². The van der Waals surface area contributed by atoms with Crippen LogP contribution in [-0.4, -0.2) is 12.3 Å². The highest BCUT2D eigenvalue weighted by atomic mass is 35.5. The molecule has 3 heteroatoms. The molecule has 1 nitrogen and oxygen atoms in total. The van der Waals surface area contributed by atoms with Crippen molar-refractivity contribution in [2.24, 2.45) is 0 Å². The third-order valence-electron chi connectivity index (χ3n) is 1.87. The highest BCUT2D eigenvalue weighted by Gasteiger charge is 2.07. The third kappa shape index (κ3) is 1.76. The molecular weight excluding hydrogens is 190 g/mol. The summed E-state index contributed by atoms with van der Waals surface area (Å²) in [7, 11) is 0. The lowest BCUT2D eigenvalue weighted by Gasteiger charge is -2.03. The van der Waals surface area contributed by atoms with Gasteiger partial charge in [-0.1, -0.05) is 11.6 Å². The summed E-state index contributed by atoms with van der Waals surface area (Å²) in [5, 5.41) is 4.18. The van der Waals surface area contributed by atoms with E-state index >= 15 is 0 Å². The second kappa shape index (κ2) is 3.69. The van der Waals surface area contributed by atoms with Crippen LogP contribution in [0.25, 0.3) is 0 Å². The lowest BCUT2D eigenvalue weighted by molar-refractivity contribution is 0.732. The molecule has 12 heavy (non-hydrogen) atoms. The van der Waals surface area contributed by atoms with Crippen LogP contribution in [0.1, 0.15) is 5.56 Å². The van der Waals surface area contributed by atoms with Gasteiger partial charge in [0.1, 0.15) is 0 Å². The SMILES string of the molecule is Clc1ccc2c(c1)CNCCS2. The molecule has 0 spiro atoms. The van der Waals surface area contributed by atoms with Crippen LogP contribution >= 0.6 is 23.4 Å². The average Bonchev–Trinajstić information content (AvgIpc) is 2.28. The maximum atomic E-state index is 5.89. The van der Waals surface area contributed by atoms with E-state index in [2.05, 4.69) is 11.4 Å². The van der Waals surface area contributed by atoms with E-state index in [1.54, 1.807) is 0 Å². The number of benzene rings is 1. The van der Waals surface area contributed by atoms with Crippen molar-refractivity contribution in [2.75, 3.05) is 12.3 Å². The first-order valence-corrected chi connectivity index (χ1v) is 5.34. The first kappa shape index (κ1) is 8.42. The summed E-state index contributed by atoms with van der Waals surface area (Å²) >= 11 is 7.79. The Bertz CT molecular complexity index is 288. The highest BCUT2D eigenvalue weighted by Crippen LogP contribution is 2.26. The molecule has 0 bridgehead atoms. The summed E-state index contributed by atoms with van der Waals surface area (Å²) < 4.78 is 0. The van der Waals surface area contributed by atoms with Crippen LogP contribution in [0.5, 0.6) is 0 Å². The molecule has 0 aliphatic carbocycles. The molecule has 1 N–H and O–H groups in total. The molecule has 0 fully saturated rings. The Balaban J connectivity index is 2.36. The molecule has 64 valence electrons. The van der Waals surface area contributed by atoms with Gasteiger partial charge in [0.25, 0.3) is 0 Å². The Morgan fingerprint density at radius 1 is 1.42 bits per heavy atom. The predicted molar refractivity (Wildman–Crippen MR) is 53.9 cm³/mol. The molecule has 0 saturated carbocycles. The summed E-state index contributed by atoms with van der Waals surface area (Å²) in [6, 6.07) is 6.11. The molecule has 0 saturated heterocycles. The fraction of sp³-hybridized carbons (Fsp3) is 0.333.